The predicted octanol–water partition coefficient (Wildman–Crippen LogP) is 4.60. The van der Waals surface area contributed by atoms with E-state index in [-0.39, 0.29) is 16.8 Å². The standard InChI is InChI=1S/C26H23N3O5/c1-16-6-4-8-20(14-16)28-23(17-10-12-19(13-11-17)27(2)3)22(25(31)26(28)32)24(30)18-7-5-9-21(15-18)29(33)34/h4-15,23,30H,1-3H3/b24-22-. The van der Waals surface area contributed by atoms with Crippen molar-refractivity contribution in [3.63, 3.8) is 0 Å². The van der Waals surface area contributed by atoms with E-state index in [4.69, 9.17) is 0 Å². The Bertz CT molecular complexity index is 1330. The van der Waals surface area contributed by atoms with Crippen LogP contribution >= 0.6 is 0 Å². The SMILES string of the molecule is Cc1cccc(N2C(=O)C(=O)/C(=C(\O)c3cccc([N+](=O)[O-])c3)C2c2ccc(N(C)C)cc2)c1. The highest BCUT2D eigenvalue weighted by Gasteiger charge is 2.47. The molecule has 0 saturated carbocycles. The lowest BCUT2D eigenvalue weighted by Crippen LogP contribution is -2.29. The molecule has 4 rings (SSSR count). The Balaban J connectivity index is 1.94. The number of hydrogen-bond acceptors (Lipinski definition) is 6. The summed E-state index contributed by atoms with van der Waals surface area (Å²) in [5.41, 5.74) is 2.70. The fourth-order valence-electron chi connectivity index (χ4n) is 4.07. The van der Waals surface area contributed by atoms with Gasteiger partial charge in [0.25, 0.3) is 17.4 Å². The maximum Gasteiger partial charge on any atom is 0.300 e. The molecule has 1 aliphatic rings. The van der Waals surface area contributed by atoms with Gasteiger partial charge in [0.15, 0.2) is 0 Å². The number of nitrogens with zero attached hydrogens (tertiary/aromatic N) is 3. The van der Waals surface area contributed by atoms with Gasteiger partial charge in [0.05, 0.1) is 16.5 Å². The minimum absolute atomic E-state index is 0.0892. The molecule has 172 valence electrons. The molecule has 1 amide bonds. The minimum Gasteiger partial charge on any atom is -0.507 e. The summed E-state index contributed by atoms with van der Waals surface area (Å²) in [7, 11) is 3.80. The first-order valence-electron chi connectivity index (χ1n) is 10.6. The highest BCUT2D eigenvalue weighted by Crippen LogP contribution is 2.42. The molecule has 8 nitrogen and oxygen atoms in total. The van der Waals surface area contributed by atoms with Crippen LogP contribution in [0.5, 0.6) is 0 Å². The molecule has 1 N–H and O–H groups in total. The van der Waals surface area contributed by atoms with E-state index in [1.807, 2.05) is 44.1 Å². The van der Waals surface area contributed by atoms with Crippen molar-refractivity contribution in [2.24, 2.45) is 0 Å². The number of aliphatic hydroxyl groups excluding tert-OH is 1. The van der Waals surface area contributed by atoms with Crippen LogP contribution in [0.15, 0.2) is 78.4 Å². The molecule has 1 atom stereocenters. The van der Waals surface area contributed by atoms with Gasteiger partial charge in [-0.3, -0.25) is 24.6 Å². The zero-order valence-electron chi connectivity index (χ0n) is 18.9. The van der Waals surface area contributed by atoms with Gasteiger partial charge in [0, 0.05) is 43.2 Å². The molecule has 1 saturated heterocycles. The summed E-state index contributed by atoms with van der Waals surface area (Å²) < 4.78 is 0. The molecule has 0 spiro atoms. The van der Waals surface area contributed by atoms with E-state index in [9.17, 15) is 24.8 Å². The van der Waals surface area contributed by atoms with Crippen LogP contribution < -0.4 is 9.80 Å². The molecule has 0 bridgehead atoms. The molecule has 0 radical (unpaired) electrons. The number of carbonyl (C=O) groups excluding carboxylic acids is 2. The van der Waals surface area contributed by atoms with Gasteiger partial charge in [0.2, 0.25) is 0 Å². The first-order valence-corrected chi connectivity index (χ1v) is 10.6. The number of nitro groups is 1. The minimum atomic E-state index is -0.905. The van der Waals surface area contributed by atoms with Gasteiger partial charge in [-0.15, -0.1) is 0 Å². The second-order valence-electron chi connectivity index (χ2n) is 8.30. The highest BCUT2D eigenvalue weighted by molar-refractivity contribution is 6.51. The van der Waals surface area contributed by atoms with Crippen LogP contribution in [0.4, 0.5) is 17.1 Å². The normalized spacial score (nSPS) is 17.1. The average Bonchev–Trinajstić information content (AvgIpc) is 3.09. The molecule has 1 aliphatic heterocycles. The maximum atomic E-state index is 13.2. The van der Waals surface area contributed by atoms with Gasteiger partial charge in [-0.25, -0.2) is 0 Å². The third-order valence-corrected chi connectivity index (χ3v) is 5.78. The molecule has 3 aromatic carbocycles. The highest BCUT2D eigenvalue weighted by atomic mass is 16.6. The second-order valence-corrected chi connectivity index (χ2v) is 8.30. The number of amides is 1. The number of nitro benzene ring substituents is 1. The van der Waals surface area contributed by atoms with Crippen molar-refractivity contribution in [3.05, 3.63) is 105 Å². The number of aliphatic hydroxyl groups is 1. The van der Waals surface area contributed by atoms with E-state index in [0.717, 1.165) is 11.3 Å². The van der Waals surface area contributed by atoms with Gasteiger partial charge in [-0.2, -0.15) is 0 Å². The Kier molecular flexibility index (Phi) is 5.89. The number of non-ortho nitro benzene ring substituents is 1. The van der Waals surface area contributed by atoms with E-state index in [1.54, 1.807) is 30.3 Å². The number of ketones is 1. The Morgan fingerprint density at radius 2 is 1.68 bits per heavy atom. The molecule has 0 aromatic heterocycles. The first-order chi connectivity index (χ1) is 16.2. The maximum absolute atomic E-state index is 13.2. The fourth-order valence-corrected chi connectivity index (χ4v) is 4.07. The molecular weight excluding hydrogens is 434 g/mol. The molecule has 1 unspecified atom stereocenters. The van der Waals surface area contributed by atoms with Crippen molar-refractivity contribution in [3.8, 4) is 0 Å². The summed E-state index contributed by atoms with van der Waals surface area (Å²) in [6.45, 7) is 1.88. The molecule has 34 heavy (non-hydrogen) atoms. The summed E-state index contributed by atoms with van der Waals surface area (Å²) >= 11 is 0. The molecule has 0 aliphatic carbocycles. The third-order valence-electron chi connectivity index (χ3n) is 5.78. The Morgan fingerprint density at radius 1 is 1.00 bits per heavy atom. The number of anilines is 2. The van der Waals surface area contributed by atoms with Crippen LogP contribution in [0.1, 0.15) is 22.7 Å². The fraction of sp³-hybridized carbons (Fsp3) is 0.154. The zero-order chi connectivity index (χ0) is 24.6. The number of hydrogen-bond donors (Lipinski definition) is 1. The average molecular weight is 457 g/mol. The molecule has 3 aromatic rings. The molecule has 1 heterocycles. The topological polar surface area (TPSA) is 104 Å². The Hall–Kier alpha value is -4.46. The van der Waals surface area contributed by atoms with Gasteiger partial charge >= 0.3 is 0 Å². The summed E-state index contributed by atoms with van der Waals surface area (Å²) in [5.74, 6) is -2.09. The van der Waals surface area contributed by atoms with Crippen LogP contribution in [0, 0.1) is 17.0 Å². The molecular formula is C26H23N3O5. The van der Waals surface area contributed by atoms with Crippen molar-refractivity contribution in [1.29, 1.82) is 0 Å². The lowest BCUT2D eigenvalue weighted by molar-refractivity contribution is -0.384. The van der Waals surface area contributed by atoms with Crippen LogP contribution in [0.25, 0.3) is 5.76 Å². The van der Waals surface area contributed by atoms with E-state index < -0.39 is 28.4 Å². The van der Waals surface area contributed by atoms with Crippen molar-refractivity contribution in [2.75, 3.05) is 23.9 Å². The first kappa shape index (κ1) is 22.7. The van der Waals surface area contributed by atoms with E-state index in [0.29, 0.717) is 11.3 Å². The lowest BCUT2D eigenvalue weighted by Gasteiger charge is -2.26. The largest absolute Gasteiger partial charge is 0.507 e. The van der Waals surface area contributed by atoms with Crippen LogP contribution in [-0.2, 0) is 9.59 Å². The van der Waals surface area contributed by atoms with Gasteiger partial charge < -0.3 is 10.0 Å². The van der Waals surface area contributed by atoms with E-state index in [1.165, 1.54) is 29.2 Å². The van der Waals surface area contributed by atoms with Crippen molar-refractivity contribution < 1.29 is 19.6 Å². The van der Waals surface area contributed by atoms with E-state index >= 15 is 0 Å². The second kappa shape index (κ2) is 8.82. The number of rotatable bonds is 5. The van der Waals surface area contributed by atoms with E-state index in [2.05, 4.69) is 0 Å². The van der Waals surface area contributed by atoms with Gasteiger partial charge in [-0.1, -0.05) is 36.4 Å². The zero-order valence-corrected chi connectivity index (χ0v) is 18.9. The van der Waals surface area contributed by atoms with Crippen molar-refractivity contribution in [1.82, 2.24) is 0 Å². The van der Waals surface area contributed by atoms with Crippen LogP contribution in [-0.4, -0.2) is 35.8 Å². The van der Waals surface area contributed by atoms with Gasteiger partial charge in [-0.05, 0) is 42.3 Å². The number of aryl methyl sites for hydroxylation is 1. The summed E-state index contributed by atoms with van der Waals surface area (Å²) in [6.07, 6.45) is 0. The quantitative estimate of drug-likeness (QED) is 0.198. The Labute approximate surface area is 196 Å². The molecule has 8 heteroatoms. The molecule has 1 fully saturated rings. The monoisotopic (exact) mass is 457 g/mol. The number of Topliss-reactive ketones (excluding diaryl/α,β-unsaturated/α-hetero) is 1. The number of benzene rings is 3. The van der Waals surface area contributed by atoms with Crippen LogP contribution in [0.2, 0.25) is 0 Å². The van der Waals surface area contributed by atoms with Gasteiger partial charge in [0.1, 0.15) is 5.76 Å². The van der Waals surface area contributed by atoms with Crippen LogP contribution in [0.3, 0.4) is 0 Å². The van der Waals surface area contributed by atoms with Crippen molar-refractivity contribution in [2.45, 2.75) is 13.0 Å². The number of carbonyl (C=O) groups is 2. The van der Waals surface area contributed by atoms with Crippen molar-refractivity contribution >= 4 is 34.5 Å². The summed E-state index contributed by atoms with van der Waals surface area (Å²) in [5, 5.41) is 22.4. The third kappa shape index (κ3) is 4.01. The Morgan fingerprint density at radius 3 is 2.29 bits per heavy atom. The lowest BCUT2D eigenvalue weighted by atomic mass is 9.94. The smallest absolute Gasteiger partial charge is 0.300 e. The summed E-state index contributed by atoms with van der Waals surface area (Å²) in [4.78, 5) is 40.4. The predicted molar refractivity (Wildman–Crippen MR) is 130 cm³/mol. The summed E-state index contributed by atoms with van der Waals surface area (Å²) in [6, 6.07) is 19.0.